The predicted molar refractivity (Wildman–Crippen MR) is 64.2 cm³/mol. The number of piperidine rings is 1. The third-order valence-corrected chi connectivity index (χ3v) is 3.18. The molecule has 2 heterocycles. The molecule has 1 aliphatic heterocycles. The van der Waals surface area contributed by atoms with Gasteiger partial charge in [0.05, 0.1) is 0 Å². The van der Waals surface area contributed by atoms with Crippen LogP contribution < -0.4 is 10.6 Å². The number of carboxylic acids is 1. The Morgan fingerprint density at radius 1 is 1.50 bits per heavy atom. The smallest absolute Gasteiger partial charge is 0.303 e. The number of carboxylic acid groups (broad SMARTS) is 1. The standard InChI is InChI=1S/C11H18N4O3/c12-4-1-9-13-11(14-18-9)15-5-2-8(3-6-15)7-10(16)17/h8H,1-7,12H2,(H,16,17). The predicted octanol–water partition coefficient (Wildman–Crippen LogP) is 0.262. The summed E-state index contributed by atoms with van der Waals surface area (Å²) in [5, 5.41) is 12.7. The van der Waals surface area contributed by atoms with Crippen molar-refractivity contribution in [2.45, 2.75) is 25.7 Å². The fourth-order valence-corrected chi connectivity index (χ4v) is 2.18. The Labute approximate surface area is 105 Å². The van der Waals surface area contributed by atoms with Gasteiger partial charge in [-0.2, -0.15) is 4.98 Å². The Balaban J connectivity index is 1.86. The second-order valence-corrected chi connectivity index (χ2v) is 4.56. The number of carbonyl (C=O) groups is 1. The normalized spacial score (nSPS) is 17.1. The molecule has 7 nitrogen and oxygen atoms in total. The molecule has 0 atom stereocenters. The Morgan fingerprint density at radius 2 is 2.22 bits per heavy atom. The number of hydrogen-bond acceptors (Lipinski definition) is 6. The maximum atomic E-state index is 10.6. The molecule has 0 aliphatic carbocycles. The molecule has 1 aromatic rings. The van der Waals surface area contributed by atoms with E-state index in [-0.39, 0.29) is 12.3 Å². The monoisotopic (exact) mass is 254 g/mol. The summed E-state index contributed by atoms with van der Waals surface area (Å²) in [7, 11) is 0. The first kappa shape index (κ1) is 12.8. The molecule has 0 saturated carbocycles. The van der Waals surface area contributed by atoms with Crippen LogP contribution in [0.25, 0.3) is 0 Å². The summed E-state index contributed by atoms with van der Waals surface area (Å²) in [6.45, 7) is 2.04. The van der Waals surface area contributed by atoms with Crippen molar-refractivity contribution in [1.29, 1.82) is 0 Å². The van der Waals surface area contributed by atoms with E-state index in [1.807, 2.05) is 4.90 Å². The van der Waals surface area contributed by atoms with Gasteiger partial charge in [0.1, 0.15) is 0 Å². The van der Waals surface area contributed by atoms with Crippen molar-refractivity contribution in [3.8, 4) is 0 Å². The lowest BCUT2D eigenvalue weighted by molar-refractivity contribution is -0.138. The molecule has 1 aliphatic rings. The van der Waals surface area contributed by atoms with Crippen molar-refractivity contribution in [3.63, 3.8) is 0 Å². The highest BCUT2D eigenvalue weighted by atomic mass is 16.5. The van der Waals surface area contributed by atoms with E-state index in [0.717, 1.165) is 25.9 Å². The average Bonchev–Trinajstić information content (AvgIpc) is 2.78. The molecular weight excluding hydrogens is 236 g/mol. The van der Waals surface area contributed by atoms with Gasteiger partial charge in [-0.25, -0.2) is 0 Å². The zero-order valence-corrected chi connectivity index (χ0v) is 10.2. The molecule has 0 bridgehead atoms. The number of anilines is 1. The number of rotatable bonds is 5. The van der Waals surface area contributed by atoms with Crippen LogP contribution in [-0.2, 0) is 11.2 Å². The molecule has 100 valence electrons. The van der Waals surface area contributed by atoms with Crippen LogP contribution in [0.2, 0.25) is 0 Å². The van der Waals surface area contributed by atoms with E-state index in [0.29, 0.717) is 24.8 Å². The van der Waals surface area contributed by atoms with Crippen LogP contribution in [0.5, 0.6) is 0 Å². The van der Waals surface area contributed by atoms with Gasteiger partial charge in [-0.15, -0.1) is 0 Å². The first-order chi connectivity index (χ1) is 8.69. The van der Waals surface area contributed by atoms with Gasteiger partial charge in [-0.3, -0.25) is 4.79 Å². The molecule has 0 radical (unpaired) electrons. The summed E-state index contributed by atoms with van der Waals surface area (Å²) in [5.74, 6) is 0.680. The summed E-state index contributed by atoms with van der Waals surface area (Å²) in [6.07, 6.45) is 2.54. The quantitative estimate of drug-likeness (QED) is 0.776. The zero-order valence-electron chi connectivity index (χ0n) is 10.2. The molecule has 0 unspecified atom stereocenters. The number of aromatic nitrogens is 2. The van der Waals surface area contributed by atoms with Crippen molar-refractivity contribution in [2.75, 3.05) is 24.5 Å². The van der Waals surface area contributed by atoms with E-state index < -0.39 is 5.97 Å². The minimum atomic E-state index is -0.724. The fraction of sp³-hybridized carbons (Fsp3) is 0.727. The number of aliphatic carboxylic acids is 1. The summed E-state index contributed by atoms with van der Waals surface area (Å²) in [6, 6.07) is 0. The van der Waals surface area contributed by atoms with Crippen molar-refractivity contribution in [1.82, 2.24) is 10.1 Å². The summed E-state index contributed by atoms with van der Waals surface area (Å²) < 4.78 is 5.07. The first-order valence-electron chi connectivity index (χ1n) is 6.18. The second kappa shape index (κ2) is 5.81. The molecule has 0 aromatic carbocycles. The maximum absolute atomic E-state index is 10.6. The van der Waals surface area contributed by atoms with Crippen LogP contribution in [0, 0.1) is 5.92 Å². The minimum Gasteiger partial charge on any atom is -0.481 e. The van der Waals surface area contributed by atoms with Crippen LogP contribution in [-0.4, -0.2) is 40.9 Å². The molecule has 0 amide bonds. The van der Waals surface area contributed by atoms with Gasteiger partial charge in [0.15, 0.2) is 0 Å². The molecule has 1 fully saturated rings. The van der Waals surface area contributed by atoms with Crippen LogP contribution in [0.3, 0.4) is 0 Å². The highest BCUT2D eigenvalue weighted by Crippen LogP contribution is 2.23. The average molecular weight is 254 g/mol. The van der Waals surface area contributed by atoms with E-state index in [1.165, 1.54) is 0 Å². The lowest BCUT2D eigenvalue weighted by Gasteiger charge is -2.29. The molecule has 0 spiro atoms. The minimum absolute atomic E-state index is 0.249. The zero-order chi connectivity index (χ0) is 13.0. The fourth-order valence-electron chi connectivity index (χ4n) is 2.18. The van der Waals surface area contributed by atoms with Crippen LogP contribution in [0.4, 0.5) is 5.95 Å². The van der Waals surface area contributed by atoms with Crippen LogP contribution in [0.15, 0.2) is 4.52 Å². The molecular formula is C11H18N4O3. The highest BCUT2D eigenvalue weighted by Gasteiger charge is 2.23. The van der Waals surface area contributed by atoms with E-state index in [9.17, 15) is 4.79 Å². The Hall–Kier alpha value is -1.63. The number of nitrogens with two attached hydrogens (primary N) is 1. The van der Waals surface area contributed by atoms with Crippen LogP contribution in [0.1, 0.15) is 25.2 Å². The van der Waals surface area contributed by atoms with Crippen molar-refractivity contribution >= 4 is 11.9 Å². The van der Waals surface area contributed by atoms with Gasteiger partial charge in [-0.05, 0) is 23.9 Å². The van der Waals surface area contributed by atoms with Crippen molar-refractivity contribution < 1.29 is 14.4 Å². The largest absolute Gasteiger partial charge is 0.481 e. The number of nitrogens with zero attached hydrogens (tertiary/aromatic N) is 3. The Kier molecular flexibility index (Phi) is 4.14. The van der Waals surface area contributed by atoms with Crippen molar-refractivity contribution in [3.05, 3.63) is 5.89 Å². The molecule has 2 rings (SSSR count). The molecule has 7 heteroatoms. The van der Waals surface area contributed by atoms with E-state index in [2.05, 4.69) is 10.1 Å². The maximum Gasteiger partial charge on any atom is 0.303 e. The molecule has 1 saturated heterocycles. The van der Waals surface area contributed by atoms with Crippen molar-refractivity contribution in [2.24, 2.45) is 11.7 Å². The second-order valence-electron chi connectivity index (χ2n) is 4.56. The Bertz CT molecular complexity index is 399. The van der Waals surface area contributed by atoms with E-state index in [4.69, 9.17) is 15.4 Å². The number of hydrogen-bond donors (Lipinski definition) is 2. The summed E-state index contributed by atoms with van der Waals surface area (Å²) >= 11 is 0. The first-order valence-corrected chi connectivity index (χ1v) is 6.18. The van der Waals surface area contributed by atoms with Crippen LogP contribution >= 0.6 is 0 Å². The lowest BCUT2D eigenvalue weighted by Crippen LogP contribution is -2.35. The molecule has 3 N–H and O–H groups in total. The third-order valence-electron chi connectivity index (χ3n) is 3.18. The van der Waals surface area contributed by atoms with Gasteiger partial charge in [0, 0.05) is 32.5 Å². The van der Waals surface area contributed by atoms with Gasteiger partial charge in [-0.1, -0.05) is 0 Å². The lowest BCUT2D eigenvalue weighted by atomic mass is 9.94. The molecule has 1 aromatic heterocycles. The summed E-state index contributed by atoms with van der Waals surface area (Å²) in [4.78, 5) is 16.9. The van der Waals surface area contributed by atoms with E-state index >= 15 is 0 Å². The van der Waals surface area contributed by atoms with Gasteiger partial charge in [0.2, 0.25) is 5.89 Å². The third kappa shape index (κ3) is 3.19. The summed E-state index contributed by atoms with van der Waals surface area (Å²) in [5.41, 5.74) is 5.42. The highest BCUT2D eigenvalue weighted by molar-refractivity contribution is 5.67. The Morgan fingerprint density at radius 3 is 2.83 bits per heavy atom. The van der Waals surface area contributed by atoms with E-state index in [1.54, 1.807) is 0 Å². The van der Waals surface area contributed by atoms with Gasteiger partial charge in [0.25, 0.3) is 5.95 Å². The topological polar surface area (TPSA) is 105 Å². The SMILES string of the molecule is NCCc1nc(N2CCC(CC(=O)O)CC2)no1. The van der Waals surface area contributed by atoms with Gasteiger partial charge >= 0.3 is 5.97 Å². The molecule has 18 heavy (non-hydrogen) atoms. The van der Waals surface area contributed by atoms with Gasteiger partial charge < -0.3 is 20.3 Å².